The average Bonchev–Trinajstić information content (AvgIpc) is 3.17. The zero-order valence-corrected chi connectivity index (χ0v) is 16.1. The number of aryl methyl sites for hydroxylation is 1. The van der Waals surface area contributed by atoms with Gasteiger partial charge in [-0.2, -0.15) is 0 Å². The van der Waals surface area contributed by atoms with Gasteiger partial charge in [-0.3, -0.25) is 19.5 Å². The van der Waals surface area contributed by atoms with Crippen LogP contribution in [0, 0.1) is 15.9 Å². The van der Waals surface area contributed by atoms with Crippen LogP contribution in [-0.2, 0) is 12.2 Å². The topological polar surface area (TPSA) is 78.0 Å². The van der Waals surface area contributed by atoms with Crippen molar-refractivity contribution >= 4 is 29.2 Å². The van der Waals surface area contributed by atoms with Crippen molar-refractivity contribution in [3.8, 4) is 5.69 Å². The van der Waals surface area contributed by atoms with E-state index in [1.165, 1.54) is 52.4 Å². The molecule has 1 aliphatic heterocycles. The van der Waals surface area contributed by atoms with Crippen LogP contribution >= 0.6 is 23.5 Å². The molecule has 0 saturated carbocycles. The van der Waals surface area contributed by atoms with Crippen LogP contribution < -0.4 is 5.56 Å². The largest absolute Gasteiger partial charge is 0.272 e. The normalized spacial score (nSPS) is 12.8. The van der Waals surface area contributed by atoms with Crippen molar-refractivity contribution < 1.29 is 9.31 Å². The van der Waals surface area contributed by atoms with E-state index >= 15 is 0 Å². The van der Waals surface area contributed by atoms with E-state index in [-0.39, 0.29) is 17.1 Å². The molecule has 0 spiro atoms. The van der Waals surface area contributed by atoms with Crippen LogP contribution in [0.2, 0.25) is 0 Å². The highest BCUT2D eigenvalue weighted by Gasteiger charge is 2.22. The van der Waals surface area contributed by atoms with Crippen molar-refractivity contribution in [3.63, 3.8) is 0 Å². The summed E-state index contributed by atoms with van der Waals surface area (Å²) in [4.78, 5) is 28.7. The van der Waals surface area contributed by atoms with Crippen LogP contribution in [0.4, 0.5) is 10.1 Å². The fraction of sp³-hybridized carbons (Fsp3) is 0.158. The number of benzene rings is 2. The van der Waals surface area contributed by atoms with Gasteiger partial charge >= 0.3 is 0 Å². The number of nitro benzene ring substituents is 1. The molecule has 9 heteroatoms. The lowest BCUT2D eigenvalue weighted by Gasteiger charge is -2.13. The number of thioether (sulfide) groups is 2. The molecule has 0 unspecified atom stereocenters. The van der Waals surface area contributed by atoms with E-state index in [1.807, 2.05) is 0 Å². The van der Waals surface area contributed by atoms with Crippen molar-refractivity contribution in [2.75, 3.05) is 5.75 Å². The third-order valence-corrected chi connectivity index (χ3v) is 6.38. The summed E-state index contributed by atoms with van der Waals surface area (Å²) in [6, 6.07) is 12.0. The van der Waals surface area contributed by atoms with E-state index in [1.54, 1.807) is 24.3 Å². The number of nitrogens with zero attached hydrogens (tertiary/aromatic N) is 3. The molecule has 0 amide bonds. The van der Waals surface area contributed by atoms with Crippen molar-refractivity contribution in [1.29, 1.82) is 0 Å². The maximum atomic E-state index is 13.3. The molecular weight excluding hydrogens is 401 g/mol. The Hall–Kier alpha value is -2.65. The number of nitro groups is 1. The van der Waals surface area contributed by atoms with Crippen LogP contribution in [0.25, 0.3) is 5.69 Å². The fourth-order valence-electron chi connectivity index (χ4n) is 2.87. The highest BCUT2D eigenvalue weighted by atomic mass is 32.2. The zero-order chi connectivity index (χ0) is 19.7. The van der Waals surface area contributed by atoms with Gasteiger partial charge in [-0.05, 0) is 29.8 Å². The van der Waals surface area contributed by atoms with E-state index in [0.717, 1.165) is 23.4 Å². The van der Waals surface area contributed by atoms with Gasteiger partial charge in [-0.1, -0.05) is 23.9 Å². The minimum absolute atomic E-state index is 0.0321. The lowest BCUT2D eigenvalue weighted by atomic mass is 10.2. The molecule has 142 valence electrons. The molecule has 0 radical (unpaired) electrons. The van der Waals surface area contributed by atoms with Gasteiger partial charge < -0.3 is 0 Å². The number of aromatic nitrogens is 2. The smallest absolute Gasteiger partial charge is 0.268 e. The summed E-state index contributed by atoms with van der Waals surface area (Å²) in [5.41, 5.74) is 2.11. The molecule has 2 aromatic carbocycles. The minimum Gasteiger partial charge on any atom is -0.268 e. The molecule has 1 aliphatic rings. The zero-order valence-electron chi connectivity index (χ0n) is 14.5. The van der Waals surface area contributed by atoms with Gasteiger partial charge in [0.05, 0.1) is 21.2 Å². The molecular formula is C19H14FN3O3S2. The molecule has 28 heavy (non-hydrogen) atoms. The van der Waals surface area contributed by atoms with Gasteiger partial charge in [0.15, 0.2) is 5.16 Å². The third kappa shape index (κ3) is 3.67. The third-order valence-electron chi connectivity index (χ3n) is 4.27. The Kier molecular flexibility index (Phi) is 5.19. The molecule has 1 aromatic heterocycles. The van der Waals surface area contributed by atoms with Crippen LogP contribution in [0.5, 0.6) is 0 Å². The van der Waals surface area contributed by atoms with Gasteiger partial charge in [0.25, 0.3) is 11.2 Å². The molecule has 3 aromatic rings. The van der Waals surface area contributed by atoms with Crippen molar-refractivity contribution in [3.05, 3.63) is 86.1 Å². The van der Waals surface area contributed by atoms with Crippen LogP contribution in [0.15, 0.2) is 63.4 Å². The Morgan fingerprint density at radius 1 is 1.18 bits per heavy atom. The predicted octanol–water partition coefficient (Wildman–Crippen LogP) is 4.22. The highest BCUT2D eigenvalue weighted by Crippen LogP contribution is 2.31. The second-order valence-electron chi connectivity index (χ2n) is 6.10. The van der Waals surface area contributed by atoms with E-state index in [4.69, 9.17) is 0 Å². The Labute approximate surface area is 168 Å². The van der Waals surface area contributed by atoms with Gasteiger partial charge in [0.2, 0.25) is 0 Å². The maximum Gasteiger partial charge on any atom is 0.272 e. The summed E-state index contributed by atoms with van der Waals surface area (Å²) in [6.45, 7) is 0. The molecule has 0 fully saturated rings. The van der Waals surface area contributed by atoms with E-state index in [9.17, 15) is 19.3 Å². The van der Waals surface area contributed by atoms with E-state index < -0.39 is 4.92 Å². The predicted molar refractivity (Wildman–Crippen MR) is 107 cm³/mol. The first kappa shape index (κ1) is 18.7. The van der Waals surface area contributed by atoms with E-state index in [0.29, 0.717) is 21.5 Å². The monoisotopic (exact) mass is 415 g/mol. The molecule has 0 N–H and O–H groups in total. The van der Waals surface area contributed by atoms with Gasteiger partial charge in [-0.25, -0.2) is 9.37 Å². The fourth-order valence-corrected chi connectivity index (χ4v) is 4.88. The summed E-state index contributed by atoms with van der Waals surface area (Å²) in [5.74, 6) is 0.940. The van der Waals surface area contributed by atoms with Gasteiger partial charge in [-0.15, -0.1) is 11.8 Å². The molecule has 6 nitrogen and oxygen atoms in total. The standard InChI is InChI=1S/C19H14FN3O3S2/c20-13-3-7-14(8-4-13)22-18(24)17-16(9-10-27-17)21-19(22)28-11-12-1-5-15(6-2-12)23(25)26/h1-8H,9-11H2. The number of hydrogen-bond donors (Lipinski definition) is 0. The lowest BCUT2D eigenvalue weighted by molar-refractivity contribution is -0.384. The first-order valence-electron chi connectivity index (χ1n) is 8.44. The van der Waals surface area contributed by atoms with Gasteiger partial charge in [0, 0.05) is 30.1 Å². The Morgan fingerprint density at radius 2 is 1.89 bits per heavy atom. The maximum absolute atomic E-state index is 13.3. The van der Waals surface area contributed by atoms with Crippen molar-refractivity contribution in [2.24, 2.45) is 0 Å². The summed E-state index contributed by atoms with van der Waals surface area (Å²) in [5, 5.41) is 11.3. The van der Waals surface area contributed by atoms with E-state index in [2.05, 4.69) is 4.98 Å². The first-order valence-corrected chi connectivity index (χ1v) is 10.4. The molecule has 0 saturated heterocycles. The summed E-state index contributed by atoms with van der Waals surface area (Å²) >= 11 is 2.86. The minimum atomic E-state index is -0.442. The number of fused-ring (bicyclic) bond motifs is 1. The number of halogens is 1. The summed E-state index contributed by atoms with van der Waals surface area (Å²) in [6.07, 6.45) is 0.741. The van der Waals surface area contributed by atoms with Crippen LogP contribution in [0.3, 0.4) is 0 Å². The summed E-state index contributed by atoms with van der Waals surface area (Å²) in [7, 11) is 0. The second-order valence-corrected chi connectivity index (χ2v) is 8.15. The molecule has 0 aliphatic carbocycles. The van der Waals surface area contributed by atoms with Gasteiger partial charge in [0.1, 0.15) is 5.82 Å². The molecule has 0 atom stereocenters. The number of non-ortho nitro benzene ring substituents is 1. The number of rotatable bonds is 5. The average molecular weight is 415 g/mol. The highest BCUT2D eigenvalue weighted by molar-refractivity contribution is 7.99. The SMILES string of the molecule is O=c1c2c(nc(SCc3ccc([N+](=O)[O-])cc3)n1-c1ccc(F)cc1)CCS2. The first-order chi connectivity index (χ1) is 13.5. The Bertz CT molecular complexity index is 1100. The molecule has 4 rings (SSSR count). The molecule has 0 bridgehead atoms. The lowest BCUT2D eigenvalue weighted by Crippen LogP contribution is -2.23. The Morgan fingerprint density at radius 3 is 2.57 bits per heavy atom. The van der Waals surface area contributed by atoms with Crippen LogP contribution in [-0.4, -0.2) is 20.2 Å². The molecule has 2 heterocycles. The quantitative estimate of drug-likeness (QED) is 0.269. The second kappa shape index (κ2) is 7.76. The number of hydrogen-bond acceptors (Lipinski definition) is 6. The van der Waals surface area contributed by atoms with Crippen LogP contribution in [0.1, 0.15) is 11.3 Å². The van der Waals surface area contributed by atoms with Crippen molar-refractivity contribution in [2.45, 2.75) is 22.2 Å². The van der Waals surface area contributed by atoms with Crippen molar-refractivity contribution in [1.82, 2.24) is 9.55 Å². The summed E-state index contributed by atoms with van der Waals surface area (Å²) < 4.78 is 14.8. The Balaban J connectivity index is 1.69.